The first-order valence-electron chi connectivity index (χ1n) is 5.92. The zero-order valence-corrected chi connectivity index (χ0v) is 11.2. The van der Waals surface area contributed by atoms with Gasteiger partial charge in [0, 0.05) is 11.6 Å². The van der Waals surface area contributed by atoms with Crippen LogP contribution in [-0.2, 0) is 6.42 Å². The first kappa shape index (κ1) is 14.1. The molecule has 1 aromatic heterocycles. The van der Waals surface area contributed by atoms with Gasteiger partial charge in [0.15, 0.2) is 5.76 Å². The summed E-state index contributed by atoms with van der Waals surface area (Å²) >= 11 is 5.77. The molecule has 6 heteroatoms. The molecule has 0 bridgehead atoms. The van der Waals surface area contributed by atoms with E-state index < -0.39 is 11.9 Å². The Morgan fingerprint density at radius 1 is 1.10 bits per heavy atom. The van der Waals surface area contributed by atoms with Crippen LogP contribution in [-0.4, -0.2) is 23.5 Å². The van der Waals surface area contributed by atoms with Gasteiger partial charge in [0.25, 0.3) is 5.91 Å². The van der Waals surface area contributed by atoms with Crippen molar-refractivity contribution in [1.29, 1.82) is 0 Å². The fraction of sp³-hybridized carbons (Fsp3) is 0.143. The number of carboxylic acids is 1. The lowest BCUT2D eigenvalue weighted by Crippen LogP contribution is -2.25. The van der Waals surface area contributed by atoms with Crippen molar-refractivity contribution in [3.8, 4) is 0 Å². The molecule has 0 aliphatic heterocycles. The fourth-order valence-electron chi connectivity index (χ4n) is 1.63. The predicted octanol–water partition coefficient (Wildman–Crippen LogP) is 2.60. The van der Waals surface area contributed by atoms with Gasteiger partial charge in [-0.05, 0) is 36.2 Å². The Kier molecular flexibility index (Phi) is 4.42. The van der Waals surface area contributed by atoms with E-state index in [0.29, 0.717) is 18.0 Å². The van der Waals surface area contributed by atoms with Crippen LogP contribution >= 0.6 is 11.6 Å². The summed E-state index contributed by atoms with van der Waals surface area (Å²) in [6.07, 6.45) is 0.648. The van der Waals surface area contributed by atoms with Gasteiger partial charge in [-0.2, -0.15) is 0 Å². The second kappa shape index (κ2) is 6.25. The molecule has 0 radical (unpaired) electrons. The summed E-state index contributed by atoms with van der Waals surface area (Å²) in [5, 5.41) is 12.0. The van der Waals surface area contributed by atoms with E-state index in [1.807, 2.05) is 12.1 Å². The van der Waals surface area contributed by atoms with Crippen molar-refractivity contribution >= 4 is 23.5 Å². The molecule has 104 valence electrons. The molecule has 1 aromatic carbocycles. The largest absolute Gasteiger partial charge is 0.475 e. The molecule has 1 heterocycles. The topological polar surface area (TPSA) is 79.5 Å². The average molecular weight is 294 g/mol. The van der Waals surface area contributed by atoms with E-state index >= 15 is 0 Å². The lowest BCUT2D eigenvalue weighted by atomic mass is 10.1. The molecule has 0 unspecified atom stereocenters. The number of aromatic carboxylic acids is 1. The first-order chi connectivity index (χ1) is 9.56. The summed E-state index contributed by atoms with van der Waals surface area (Å²) in [6, 6.07) is 9.90. The molecule has 0 fully saturated rings. The molecule has 2 aromatic rings. The maximum absolute atomic E-state index is 11.7. The standard InChI is InChI=1S/C14H12ClNO4/c15-10-3-1-9(2-4-10)7-8-16-13(17)11-5-6-12(20-11)14(18)19/h1-6H,7-8H2,(H,16,17)(H,18,19). The van der Waals surface area contributed by atoms with Crippen LogP contribution < -0.4 is 5.32 Å². The molecular weight excluding hydrogens is 282 g/mol. The van der Waals surface area contributed by atoms with Gasteiger partial charge in [0.05, 0.1) is 0 Å². The van der Waals surface area contributed by atoms with Crippen molar-refractivity contribution in [2.75, 3.05) is 6.54 Å². The lowest BCUT2D eigenvalue weighted by molar-refractivity contribution is 0.0659. The van der Waals surface area contributed by atoms with E-state index in [-0.39, 0.29) is 11.5 Å². The van der Waals surface area contributed by atoms with Crippen LogP contribution in [0.5, 0.6) is 0 Å². The normalized spacial score (nSPS) is 10.2. The van der Waals surface area contributed by atoms with E-state index in [4.69, 9.17) is 21.1 Å². The van der Waals surface area contributed by atoms with Crippen molar-refractivity contribution in [2.45, 2.75) is 6.42 Å². The Bertz CT molecular complexity index is 618. The lowest BCUT2D eigenvalue weighted by Gasteiger charge is -2.03. The Labute approximate surface area is 120 Å². The Morgan fingerprint density at radius 2 is 1.75 bits per heavy atom. The first-order valence-corrected chi connectivity index (χ1v) is 6.30. The second-order valence-corrected chi connectivity index (χ2v) is 4.54. The van der Waals surface area contributed by atoms with Gasteiger partial charge in [-0.15, -0.1) is 0 Å². The highest BCUT2D eigenvalue weighted by molar-refractivity contribution is 6.30. The van der Waals surface area contributed by atoms with Gasteiger partial charge in [-0.3, -0.25) is 4.79 Å². The molecule has 2 N–H and O–H groups in total. The smallest absolute Gasteiger partial charge is 0.371 e. The molecule has 0 aliphatic carbocycles. The summed E-state index contributed by atoms with van der Waals surface area (Å²) in [4.78, 5) is 22.3. The van der Waals surface area contributed by atoms with Crippen molar-refractivity contribution in [3.05, 3.63) is 58.5 Å². The summed E-state index contributed by atoms with van der Waals surface area (Å²) in [5.74, 6) is -1.91. The van der Waals surface area contributed by atoms with E-state index in [2.05, 4.69) is 5.32 Å². The molecular formula is C14H12ClNO4. The number of benzene rings is 1. The fourth-order valence-corrected chi connectivity index (χ4v) is 1.76. The highest BCUT2D eigenvalue weighted by Gasteiger charge is 2.14. The number of hydrogen-bond donors (Lipinski definition) is 2. The molecule has 0 spiro atoms. The molecule has 20 heavy (non-hydrogen) atoms. The molecule has 0 saturated heterocycles. The van der Waals surface area contributed by atoms with E-state index in [9.17, 15) is 9.59 Å². The molecule has 0 aliphatic rings. The minimum Gasteiger partial charge on any atom is -0.475 e. The van der Waals surface area contributed by atoms with Gasteiger partial charge in [-0.25, -0.2) is 4.79 Å². The zero-order valence-electron chi connectivity index (χ0n) is 10.4. The van der Waals surface area contributed by atoms with E-state index in [1.165, 1.54) is 12.1 Å². The van der Waals surface area contributed by atoms with E-state index in [0.717, 1.165) is 5.56 Å². The van der Waals surface area contributed by atoms with Gasteiger partial charge >= 0.3 is 5.97 Å². The summed E-state index contributed by atoms with van der Waals surface area (Å²) in [6.45, 7) is 0.420. The molecule has 2 rings (SSSR count). The second-order valence-electron chi connectivity index (χ2n) is 4.10. The zero-order chi connectivity index (χ0) is 14.5. The van der Waals surface area contributed by atoms with Crippen LogP contribution in [0.4, 0.5) is 0 Å². The number of hydrogen-bond acceptors (Lipinski definition) is 3. The third kappa shape index (κ3) is 3.61. The van der Waals surface area contributed by atoms with Crippen molar-refractivity contribution in [2.24, 2.45) is 0 Å². The summed E-state index contributed by atoms with van der Waals surface area (Å²) < 4.78 is 4.90. The predicted molar refractivity (Wildman–Crippen MR) is 73.2 cm³/mol. The van der Waals surface area contributed by atoms with Crippen LogP contribution in [0, 0.1) is 0 Å². The Morgan fingerprint density at radius 3 is 2.35 bits per heavy atom. The number of halogens is 1. The van der Waals surface area contributed by atoms with Crippen LogP contribution in [0.25, 0.3) is 0 Å². The Hall–Kier alpha value is -2.27. The quantitative estimate of drug-likeness (QED) is 0.888. The van der Waals surface area contributed by atoms with Gasteiger partial charge in [0.1, 0.15) is 0 Å². The van der Waals surface area contributed by atoms with Gasteiger partial charge < -0.3 is 14.8 Å². The number of rotatable bonds is 5. The third-order valence-electron chi connectivity index (χ3n) is 2.65. The average Bonchev–Trinajstić information content (AvgIpc) is 2.91. The minimum atomic E-state index is -1.20. The number of carboxylic acid groups (broad SMARTS) is 1. The van der Waals surface area contributed by atoms with Crippen molar-refractivity contribution in [1.82, 2.24) is 5.32 Å². The molecule has 1 amide bonds. The number of amides is 1. The highest BCUT2D eigenvalue weighted by Crippen LogP contribution is 2.10. The van der Waals surface area contributed by atoms with Crippen LogP contribution in [0.1, 0.15) is 26.7 Å². The summed E-state index contributed by atoms with van der Waals surface area (Å²) in [5.41, 5.74) is 1.04. The molecule has 0 saturated carbocycles. The van der Waals surface area contributed by atoms with Crippen molar-refractivity contribution < 1.29 is 19.1 Å². The monoisotopic (exact) mass is 293 g/mol. The third-order valence-corrected chi connectivity index (χ3v) is 2.91. The van der Waals surface area contributed by atoms with Crippen LogP contribution in [0.3, 0.4) is 0 Å². The Balaban J connectivity index is 1.85. The number of carbonyl (C=O) groups is 2. The van der Waals surface area contributed by atoms with Crippen LogP contribution in [0.15, 0.2) is 40.8 Å². The van der Waals surface area contributed by atoms with Gasteiger partial charge in [-0.1, -0.05) is 23.7 Å². The van der Waals surface area contributed by atoms with E-state index in [1.54, 1.807) is 12.1 Å². The minimum absolute atomic E-state index is 0.0153. The molecule has 0 atom stereocenters. The maximum atomic E-state index is 11.7. The maximum Gasteiger partial charge on any atom is 0.371 e. The van der Waals surface area contributed by atoms with Crippen molar-refractivity contribution in [3.63, 3.8) is 0 Å². The number of nitrogens with one attached hydrogen (secondary N) is 1. The number of furan rings is 1. The highest BCUT2D eigenvalue weighted by atomic mass is 35.5. The molecule has 5 nitrogen and oxygen atoms in total. The van der Waals surface area contributed by atoms with Gasteiger partial charge in [0.2, 0.25) is 5.76 Å². The summed E-state index contributed by atoms with van der Waals surface area (Å²) in [7, 11) is 0. The van der Waals surface area contributed by atoms with Crippen LogP contribution in [0.2, 0.25) is 5.02 Å². The SMILES string of the molecule is O=C(O)c1ccc(C(=O)NCCc2ccc(Cl)cc2)o1. The number of carbonyl (C=O) groups excluding carboxylic acids is 1.